The van der Waals surface area contributed by atoms with Crippen LogP contribution in [0.1, 0.15) is 46.5 Å². The van der Waals surface area contributed by atoms with Crippen molar-refractivity contribution < 1.29 is 9.47 Å². The van der Waals surface area contributed by atoms with Crippen LogP contribution in [0.5, 0.6) is 0 Å². The number of ether oxygens (including phenoxy) is 2. The van der Waals surface area contributed by atoms with Crippen molar-refractivity contribution in [2.75, 3.05) is 33.0 Å². The maximum atomic E-state index is 5.53. The lowest BCUT2D eigenvalue weighted by atomic mass is 9.91. The van der Waals surface area contributed by atoms with E-state index >= 15 is 0 Å². The van der Waals surface area contributed by atoms with E-state index in [0.717, 1.165) is 45.7 Å². The van der Waals surface area contributed by atoms with E-state index in [4.69, 9.17) is 15.2 Å². The Morgan fingerprint density at radius 2 is 1.31 bits per heavy atom. The van der Waals surface area contributed by atoms with Crippen molar-refractivity contribution in [1.29, 1.82) is 0 Å². The van der Waals surface area contributed by atoms with Gasteiger partial charge in [-0.25, -0.2) is 0 Å². The Kier molecular flexibility index (Phi) is 9.99. The lowest BCUT2D eigenvalue weighted by Crippen LogP contribution is -2.09. The molecule has 16 heavy (non-hydrogen) atoms. The van der Waals surface area contributed by atoms with Gasteiger partial charge in [0.05, 0.1) is 0 Å². The first kappa shape index (κ1) is 15.9. The largest absolute Gasteiger partial charge is 0.381 e. The van der Waals surface area contributed by atoms with Crippen LogP contribution in [0.4, 0.5) is 0 Å². The van der Waals surface area contributed by atoms with Crippen molar-refractivity contribution in [2.45, 2.75) is 46.5 Å². The van der Waals surface area contributed by atoms with Gasteiger partial charge in [-0.05, 0) is 37.6 Å². The number of hydrogen-bond acceptors (Lipinski definition) is 3. The van der Waals surface area contributed by atoms with E-state index in [-0.39, 0.29) is 0 Å². The molecule has 0 amide bonds. The highest BCUT2D eigenvalue weighted by Gasteiger charge is 2.08. The summed E-state index contributed by atoms with van der Waals surface area (Å²) >= 11 is 0. The molecule has 0 fully saturated rings. The molecule has 0 aromatic rings. The van der Waals surface area contributed by atoms with Crippen LogP contribution < -0.4 is 5.73 Å². The standard InChI is InChI=1S/C13H29NO2/c1-13(2,3)7-4-9-15-11-6-12-16-10-5-8-14/h4-12,14H2,1-3H3. The maximum absolute atomic E-state index is 5.53. The van der Waals surface area contributed by atoms with E-state index in [2.05, 4.69) is 20.8 Å². The van der Waals surface area contributed by atoms with E-state index in [0.29, 0.717) is 12.0 Å². The zero-order chi connectivity index (χ0) is 12.3. The quantitative estimate of drug-likeness (QED) is 0.588. The summed E-state index contributed by atoms with van der Waals surface area (Å²) in [7, 11) is 0. The predicted octanol–water partition coefficient (Wildman–Crippen LogP) is 2.58. The molecule has 0 aromatic carbocycles. The third-order valence-electron chi connectivity index (χ3n) is 2.29. The van der Waals surface area contributed by atoms with Gasteiger partial charge in [0.15, 0.2) is 0 Å². The summed E-state index contributed by atoms with van der Waals surface area (Å²) < 4.78 is 10.9. The monoisotopic (exact) mass is 231 g/mol. The average Bonchev–Trinajstić information content (AvgIpc) is 2.19. The van der Waals surface area contributed by atoms with Crippen LogP contribution >= 0.6 is 0 Å². The third kappa shape index (κ3) is 13.9. The fourth-order valence-corrected chi connectivity index (χ4v) is 1.36. The Balaban J connectivity index is 2.99. The van der Waals surface area contributed by atoms with Gasteiger partial charge >= 0.3 is 0 Å². The van der Waals surface area contributed by atoms with Crippen LogP contribution in [0.25, 0.3) is 0 Å². The Hall–Kier alpha value is -0.120. The summed E-state index contributed by atoms with van der Waals surface area (Å²) in [6.45, 7) is 10.8. The summed E-state index contributed by atoms with van der Waals surface area (Å²) in [4.78, 5) is 0. The zero-order valence-corrected chi connectivity index (χ0v) is 11.3. The second kappa shape index (κ2) is 10.1. The number of nitrogens with two attached hydrogens (primary N) is 1. The van der Waals surface area contributed by atoms with Crippen molar-refractivity contribution >= 4 is 0 Å². The van der Waals surface area contributed by atoms with Gasteiger partial charge in [-0.1, -0.05) is 20.8 Å². The Morgan fingerprint density at radius 3 is 1.81 bits per heavy atom. The molecule has 0 saturated heterocycles. The average molecular weight is 231 g/mol. The number of rotatable bonds is 10. The maximum Gasteiger partial charge on any atom is 0.0487 e. The highest BCUT2D eigenvalue weighted by Crippen LogP contribution is 2.20. The summed E-state index contributed by atoms with van der Waals surface area (Å²) in [5, 5.41) is 0. The van der Waals surface area contributed by atoms with Gasteiger partial charge in [0, 0.05) is 26.4 Å². The third-order valence-corrected chi connectivity index (χ3v) is 2.29. The van der Waals surface area contributed by atoms with Gasteiger partial charge in [-0.15, -0.1) is 0 Å². The van der Waals surface area contributed by atoms with E-state index in [1.807, 2.05) is 0 Å². The molecule has 0 saturated carbocycles. The predicted molar refractivity (Wildman–Crippen MR) is 68.6 cm³/mol. The van der Waals surface area contributed by atoms with Gasteiger partial charge < -0.3 is 15.2 Å². The molecule has 0 bridgehead atoms. The summed E-state index contributed by atoms with van der Waals surface area (Å²) in [5.41, 5.74) is 5.78. The van der Waals surface area contributed by atoms with Crippen molar-refractivity contribution in [3.8, 4) is 0 Å². The molecule has 0 rings (SSSR count). The molecule has 0 unspecified atom stereocenters. The Labute approximate surface area is 101 Å². The highest BCUT2D eigenvalue weighted by atomic mass is 16.5. The first-order valence-corrected chi connectivity index (χ1v) is 6.42. The molecular weight excluding hydrogens is 202 g/mol. The van der Waals surface area contributed by atoms with Gasteiger partial charge in [0.1, 0.15) is 0 Å². The summed E-state index contributed by atoms with van der Waals surface area (Å²) in [6, 6.07) is 0. The molecule has 0 spiro atoms. The lowest BCUT2D eigenvalue weighted by molar-refractivity contribution is 0.0781. The zero-order valence-electron chi connectivity index (χ0n) is 11.3. The molecular formula is C13H29NO2. The molecule has 0 aliphatic carbocycles. The first-order valence-electron chi connectivity index (χ1n) is 6.42. The summed E-state index contributed by atoms with van der Waals surface area (Å²) in [5.74, 6) is 0. The minimum absolute atomic E-state index is 0.425. The Bertz CT molecular complexity index is 143. The molecule has 0 radical (unpaired) electrons. The molecule has 98 valence electrons. The molecule has 0 aliphatic heterocycles. The fourth-order valence-electron chi connectivity index (χ4n) is 1.36. The Morgan fingerprint density at radius 1 is 0.812 bits per heavy atom. The molecule has 3 heteroatoms. The van der Waals surface area contributed by atoms with Crippen LogP contribution in [0.2, 0.25) is 0 Å². The first-order chi connectivity index (χ1) is 7.56. The van der Waals surface area contributed by atoms with Crippen molar-refractivity contribution in [2.24, 2.45) is 11.1 Å². The summed E-state index contributed by atoms with van der Waals surface area (Å²) in [6.07, 6.45) is 4.31. The van der Waals surface area contributed by atoms with Crippen LogP contribution in [0, 0.1) is 5.41 Å². The normalized spacial score (nSPS) is 12.0. The SMILES string of the molecule is CC(C)(C)CCCOCCCOCCCN. The molecule has 0 atom stereocenters. The minimum Gasteiger partial charge on any atom is -0.381 e. The second-order valence-corrected chi connectivity index (χ2v) is 5.38. The molecule has 0 aliphatic rings. The van der Waals surface area contributed by atoms with E-state index in [1.54, 1.807) is 0 Å². The van der Waals surface area contributed by atoms with Crippen LogP contribution in [-0.4, -0.2) is 33.0 Å². The van der Waals surface area contributed by atoms with Crippen molar-refractivity contribution in [3.05, 3.63) is 0 Å². The molecule has 3 nitrogen and oxygen atoms in total. The van der Waals surface area contributed by atoms with E-state index in [1.165, 1.54) is 6.42 Å². The molecule has 0 aromatic heterocycles. The molecule has 2 N–H and O–H groups in total. The van der Waals surface area contributed by atoms with Crippen LogP contribution in [-0.2, 0) is 9.47 Å². The van der Waals surface area contributed by atoms with Gasteiger partial charge in [0.25, 0.3) is 0 Å². The van der Waals surface area contributed by atoms with Gasteiger partial charge in [-0.2, -0.15) is 0 Å². The number of hydrogen-bond donors (Lipinski definition) is 1. The van der Waals surface area contributed by atoms with Crippen molar-refractivity contribution in [1.82, 2.24) is 0 Å². The van der Waals surface area contributed by atoms with Crippen molar-refractivity contribution in [3.63, 3.8) is 0 Å². The van der Waals surface area contributed by atoms with Gasteiger partial charge in [0.2, 0.25) is 0 Å². The van der Waals surface area contributed by atoms with Crippen LogP contribution in [0.3, 0.4) is 0 Å². The lowest BCUT2D eigenvalue weighted by Gasteiger charge is -2.17. The second-order valence-electron chi connectivity index (χ2n) is 5.38. The van der Waals surface area contributed by atoms with Gasteiger partial charge in [-0.3, -0.25) is 0 Å². The minimum atomic E-state index is 0.425. The highest BCUT2D eigenvalue weighted by molar-refractivity contribution is 4.60. The van der Waals surface area contributed by atoms with Crippen LogP contribution in [0.15, 0.2) is 0 Å². The van der Waals surface area contributed by atoms with E-state index < -0.39 is 0 Å². The smallest absolute Gasteiger partial charge is 0.0487 e. The van der Waals surface area contributed by atoms with E-state index in [9.17, 15) is 0 Å². The fraction of sp³-hybridized carbons (Fsp3) is 1.00. The topological polar surface area (TPSA) is 44.5 Å². The molecule has 0 heterocycles.